The summed E-state index contributed by atoms with van der Waals surface area (Å²) in [5.41, 5.74) is 4.87. The molecule has 148 valence electrons. The van der Waals surface area contributed by atoms with Gasteiger partial charge in [0.1, 0.15) is 5.75 Å². The van der Waals surface area contributed by atoms with Gasteiger partial charge in [0.2, 0.25) is 11.8 Å². The molecule has 0 atom stereocenters. The van der Waals surface area contributed by atoms with Gasteiger partial charge in [0.05, 0.1) is 13.2 Å². The third-order valence-corrected chi connectivity index (χ3v) is 4.31. The number of nitrogens with one attached hydrogen (secondary N) is 1. The highest BCUT2D eigenvalue weighted by molar-refractivity contribution is 5.98. The van der Waals surface area contributed by atoms with E-state index in [9.17, 15) is 9.59 Å². The molecule has 28 heavy (non-hydrogen) atoms. The van der Waals surface area contributed by atoms with Crippen LogP contribution in [-0.4, -0.2) is 36.9 Å². The number of carbonyl (C=O) groups is 2. The van der Waals surface area contributed by atoms with E-state index < -0.39 is 0 Å². The lowest BCUT2D eigenvalue weighted by Crippen LogP contribution is -2.34. The van der Waals surface area contributed by atoms with E-state index in [1.807, 2.05) is 64.1 Å². The predicted molar refractivity (Wildman–Crippen MR) is 114 cm³/mol. The lowest BCUT2D eigenvalue weighted by atomic mass is 10.1. The second-order valence-corrected chi connectivity index (χ2v) is 6.85. The van der Waals surface area contributed by atoms with Crippen LogP contribution in [0.15, 0.2) is 42.5 Å². The molecule has 5 heteroatoms. The van der Waals surface area contributed by atoms with Gasteiger partial charge in [-0.25, -0.2) is 0 Å². The van der Waals surface area contributed by atoms with Crippen molar-refractivity contribution in [3.63, 3.8) is 0 Å². The fraction of sp³-hybridized carbons (Fsp3) is 0.304. The number of likely N-dealkylation sites (N-methyl/N-ethyl adjacent to an activating group) is 1. The molecule has 0 saturated carbocycles. The number of benzene rings is 2. The maximum Gasteiger partial charge on any atom is 0.246 e. The van der Waals surface area contributed by atoms with E-state index in [1.54, 1.807) is 13.1 Å². The van der Waals surface area contributed by atoms with Gasteiger partial charge in [-0.2, -0.15) is 0 Å². The van der Waals surface area contributed by atoms with Gasteiger partial charge in [0.25, 0.3) is 0 Å². The Morgan fingerprint density at radius 3 is 2.25 bits per heavy atom. The molecule has 2 rings (SSSR count). The molecule has 0 fully saturated rings. The highest BCUT2D eigenvalue weighted by Gasteiger charge is 2.13. The molecule has 0 heterocycles. The first-order valence-electron chi connectivity index (χ1n) is 9.34. The van der Waals surface area contributed by atoms with E-state index in [0.717, 1.165) is 33.7 Å². The SMILES string of the molecule is CCOc1ccc(/C=C/C(=O)N(C)CC(=O)Nc2c(C)cc(C)cc2C)cc1. The van der Waals surface area contributed by atoms with Crippen molar-refractivity contribution >= 4 is 23.6 Å². The number of carbonyl (C=O) groups excluding carboxylic acids is 2. The molecule has 0 aliphatic rings. The van der Waals surface area contributed by atoms with E-state index in [2.05, 4.69) is 5.32 Å². The van der Waals surface area contributed by atoms with E-state index >= 15 is 0 Å². The number of ether oxygens (including phenoxy) is 1. The Hall–Kier alpha value is -3.08. The van der Waals surface area contributed by atoms with Crippen LogP contribution in [0.25, 0.3) is 6.08 Å². The quantitative estimate of drug-likeness (QED) is 0.735. The molecule has 0 saturated heterocycles. The van der Waals surface area contributed by atoms with Crippen molar-refractivity contribution in [1.82, 2.24) is 4.90 Å². The zero-order valence-electron chi connectivity index (χ0n) is 17.2. The van der Waals surface area contributed by atoms with Crippen LogP contribution in [0.4, 0.5) is 5.69 Å². The zero-order chi connectivity index (χ0) is 20.7. The lowest BCUT2D eigenvalue weighted by molar-refractivity contribution is -0.129. The summed E-state index contributed by atoms with van der Waals surface area (Å²) < 4.78 is 5.40. The number of anilines is 1. The van der Waals surface area contributed by atoms with Crippen molar-refractivity contribution in [1.29, 1.82) is 0 Å². The van der Waals surface area contributed by atoms with Crippen molar-refractivity contribution in [2.24, 2.45) is 0 Å². The van der Waals surface area contributed by atoms with Crippen molar-refractivity contribution in [2.75, 3.05) is 25.5 Å². The number of nitrogens with zero attached hydrogens (tertiary/aromatic N) is 1. The van der Waals surface area contributed by atoms with Gasteiger partial charge in [-0.05, 0) is 62.6 Å². The fourth-order valence-corrected chi connectivity index (χ4v) is 2.99. The average molecular weight is 380 g/mol. The van der Waals surface area contributed by atoms with Gasteiger partial charge < -0.3 is 15.0 Å². The highest BCUT2D eigenvalue weighted by atomic mass is 16.5. The van der Waals surface area contributed by atoms with Crippen LogP contribution in [0.1, 0.15) is 29.2 Å². The molecule has 1 N–H and O–H groups in total. The Morgan fingerprint density at radius 1 is 1.07 bits per heavy atom. The summed E-state index contributed by atoms with van der Waals surface area (Å²) in [6.45, 7) is 8.48. The summed E-state index contributed by atoms with van der Waals surface area (Å²) in [7, 11) is 1.61. The molecular weight excluding hydrogens is 352 g/mol. The monoisotopic (exact) mass is 380 g/mol. The Kier molecular flexibility index (Phi) is 7.38. The smallest absolute Gasteiger partial charge is 0.246 e. The van der Waals surface area contributed by atoms with Crippen molar-refractivity contribution in [2.45, 2.75) is 27.7 Å². The molecule has 0 bridgehead atoms. The summed E-state index contributed by atoms with van der Waals surface area (Å²) in [5, 5.41) is 2.91. The van der Waals surface area contributed by atoms with E-state index in [0.29, 0.717) is 6.61 Å². The number of aryl methyl sites for hydroxylation is 3. The molecule has 0 aromatic heterocycles. The van der Waals surface area contributed by atoms with Crippen LogP contribution in [0, 0.1) is 20.8 Å². The van der Waals surface area contributed by atoms with E-state index in [1.165, 1.54) is 11.0 Å². The third kappa shape index (κ3) is 5.98. The minimum atomic E-state index is -0.235. The number of amides is 2. The maximum atomic E-state index is 12.3. The second kappa shape index (κ2) is 9.74. The normalized spacial score (nSPS) is 10.8. The molecule has 2 aromatic carbocycles. The maximum absolute atomic E-state index is 12.3. The summed E-state index contributed by atoms with van der Waals surface area (Å²) in [4.78, 5) is 26.0. The summed E-state index contributed by atoms with van der Waals surface area (Å²) >= 11 is 0. The topological polar surface area (TPSA) is 58.6 Å². The van der Waals surface area contributed by atoms with Crippen LogP contribution in [-0.2, 0) is 9.59 Å². The third-order valence-electron chi connectivity index (χ3n) is 4.31. The van der Waals surface area contributed by atoms with Gasteiger partial charge in [-0.15, -0.1) is 0 Å². The first-order valence-corrected chi connectivity index (χ1v) is 9.34. The minimum Gasteiger partial charge on any atom is -0.494 e. The van der Waals surface area contributed by atoms with Crippen LogP contribution in [0.2, 0.25) is 0 Å². The van der Waals surface area contributed by atoms with Crippen LogP contribution in [0.3, 0.4) is 0 Å². The van der Waals surface area contributed by atoms with E-state index in [4.69, 9.17) is 4.74 Å². The van der Waals surface area contributed by atoms with Crippen LogP contribution >= 0.6 is 0 Å². The lowest BCUT2D eigenvalue weighted by Gasteiger charge is -2.17. The van der Waals surface area contributed by atoms with Crippen molar-refractivity contribution in [3.8, 4) is 5.75 Å². The molecule has 0 radical (unpaired) electrons. The molecular formula is C23H28N2O3. The molecule has 2 aromatic rings. The first kappa shape index (κ1) is 21.2. The Balaban J connectivity index is 1.93. The minimum absolute atomic E-state index is 0.0147. The summed E-state index contributed by atoms with van der Waals surface area (Å²) in [6, 6.07) is 11.5. The summed E-state index contributed by atoms with van der Waals surface area (Å²) in [5.74, 6) is 0.336. The van der Waals surface area contributed by atoms with E-state index in [-0.39, 0.29) is 18.4 Å². The van der Waals surface area contributed by atoms with Crippen molar-refractivity contribution in [3.05, 3.63) is 64.7 Å². The van der Waals surface area contributed by atoms with Gasteiger partial charge in [0, 0.05) is 18.8 Å². The Labute approximate surface area is 167 Å². The molecule has 0 spiro atoms. The molecule has 0 unspecified atom stereocenters. The van der Waals surface area contributed by atoms with Gasteiger partial charge in [-0.1, -0.05) is 29.8 Å². The number of hydrogen-bond donors (Lipinski definition) is 1. The average Bonchev–Trinajstić information content (AvgIpc) is 2.64. The first-order chi connectivity index (χ1) is 13.3. The fourth-order valence-electron chi connectivity index (χ4n) is 2.99. The highest BCUT2D eigenvalue weighted by Crippen LogP contribution is 2.21. The summed E-state index contributed by atoms with van der Waals surface area (Å²) in [6.07, 6.45) is 3.19. The second-order valence-electron chi connectivity index (χ2n) is 6.85. The van der Waals surface area contributed by atoms with Crippen molar-refractivity contribution < 1.29 is 14.3 Å². The van der Waals surface area contributed by atoms with Gasteiger partial charge in [0.15, 0.2) is 0 Å². The molecule has 0 aliphatic heterocycles. The number of rotatable bonds is 7. The zero-order valence-corrected chi connectivity index (χ0v) is 17.2. The molecule has 2 amide bonds. The number of hydrogen-bond acceptors (Lipinski definition) is 3. The molecule has 5 nitrogen and oxygen atoms in total. The van der Waals surface area contributed by atoms with Crippen LogP contribution in [0.5, 0.6) is 5.75 Å². The Morgan fingerprint density at radius 2 is 1.68 bits per heavy atom. The predicted octanol–water partition coefficient (Wildman–Crippen LogP) is 4.12. The Bertz CT molecular complexity index is 847. The van der Waals surface area contributed by atoms with Crippen LogP contribution < -0.4 is 10.1 Å². The standard InChI is InChI=1S/C23H28N2O3/c1-6-28-20-10-7-19(8-11-20)9-12-22(27)25(5)15-21(26)24-23-17(3)13-16(2)14-18(23)4/h7-14H,6,15H2,1-5H3,(H,24,26)/b12-9+. The largest absolute Gasteiger partial charge is 0.494 e. The van der Waals surface area contributed by atoms with Gasteiger partial charge in [-0.3, -0.25) is 9.59 Å². The van der Waals surface area contributed by atoms with Gasteiger partial charge >= 0.3 is 0 Å². The molecule has 0 aliphatic carbocycles.